The highest BCUT2D eigenvalue weighted by molar-refractivity contribution is 7.89. The molecule has 0 radical (unpaired) electrons. The summed E-state index contributed by atoms with van der Waals surface area (Å²) in [6.45, 7) is 1.57. The molecule has 2 aliphatic heterocycles. The van der Waals surface area contributed by atoms with Gasteiger partial charge in [0.2, 0.25) is 10.0 Å². The zero-order valence-electron chi connectivity index (χ0n) is 11.3. The van der Waals surface area contributed by atoms with Crippen LogP contribution in [0.5, 0.6) is 0 Å². The van der Waals surface area contributed by atoms with Gasteiger partial charge >= 0.3 is 5.97 Å². The summed E-state index contributed by atoms with van der Waals surface area (Å²) in [4.78, 5) is 10.7. The fraction of sp³-hybridized carbons (Fsp3) is 0.727. The lowest BCUT2D eigenvalue weighted by Gasteiger charge is -2.40. The third kappa shape index (κ3) is 2.65. The van der Waals surface area contributed by atoms with Crippen molar-refractivity contribution in [2.45, 2.75) is 24.1 Å². The van der Waals surface area contributed by atoms with E-state index in [2.05, 4.69) is 10.3 Å². The maximum absolute atomic E-state index is 12.4. The minimum absolute atomic E-state index is 0.138. The number of sulfonamides is 1. The molecule has 2 saturated heterocycles. The second-order valence-electron chi connectivity index (χ2n) is 5.22. The molecule has 1 aromatic heterocycles. The fourth-order valence-electron chi connectivity index (χ4n) is 2.53. The van der Waals surface area contributed by atoms with Crippen molar-refractivity contribution < 1.29 is 23.1 Å². The van der Waals surface area contributed by atoms with E-state index in [1.165, 1.54) is 15.2 Å². The van der Waals surface area contributed by atoms with Crippen LogP contribution in [-0.2, 0) is 14.8 Å². The highest BCUT2D eigenvalue weighted by Crippen LogP contribution is 2.28. The Kier molecular flexibility index (Phi) is 3.68. The van der Waals surface area contributed by atoms with E-state index in [9.17, 15) is 13.2 Å². The van der Waals surface area contributed by atoms with Crippen LogP contribution in [0.2, 0.25) is 0 Å². The first-order valence-corrected chi connectivity index (χ1v) is 8.20. The molecule has 3 heterocycles. The molecule has 0 aromatic carbocycles. The van der Waals surface area contributed by atoms with Crippen LogP contribution in [0.1, 0.15) is 29.4 Å². The average Bonchev–Trinajstić information content (AvgIpc) is 2.87. The number of nitrogens with zero attached hydrogens (tertiary/aromatic N) is 4. The monoisotopic (exact) mass is 316 g/mol. The first-order valence-electron chi connectivity index (χ1n) is 6.70. The summed E-state index contributed by atoms with van der Waals surface area (Å²) in [5, 5.41) is 15.7. The molecule has 0 saturated carbocycles. The van der Waals surface area contributed by atoms with Crippen molar-refractivity contribution >= 4 is 16.0 Å². The SMILES string of the molecule is O=C(O)c1cn(C2CN(S(=O)(=O)C3CCOCC3)C2)nn1. The van der Waals surface area contributed by atoms with Gasteiger partial charge in [0.05, 0.1) is 17.5 Å². The largest absolute Gasteiger partial charge is 0.476 e. The van der Waals surface area contributed by atoms with E-state index >= 15 is 0 Å². The predicted octanol–water partition coefficient (Wildman–Crippen LogP) is -0.658. The molecule has 0 unspecified atom stereocenters. The van der Waals surface area contributed by atoms with Gasteiger partial charge in [-0.1, -0.05) is 5.21 Å². The van der Waals surface area contributed by atoms with Crippen LogP contribution in [0.15, 0.2) is 6.20 Å². The van der Waals surface area contributed by atoms with E-state index in [0.29, 0.717) is 39.1 Å². The zero-order chi connectivity index (χ0) is 15.0. The summed E-state index contributed by atoms with van der Waals surface area (Å²) in [5.74, 6) is -1.15. The molecular formula is C11H16N4O5S. The summed E-state index contributed by atoms with van der Waals surface area (Å²) < 4.78 is 32.8. The predicted molar refractivity (Wildman–Crippen MR) is 70.4 cm³/mol. The number of aromatic carboxylic acids is 1. The van der Waals surface area contributed by atoms with Gasteiger partial charge in [-0.3, -0.25) is 0 Å². The molecule has 10 heteroatoms. The summed E-state index contributed by atoms with van der Waals surface area (Å²) in [5.41, 5.74) is -0.138. The van der Waals surface area contributed by atoms with Crippen molar-refractivity contribution in [3.05, 3.63) is 11.9 Å². The number of hydrogen-bond donors (Lipinski definition) is 1. The quantitative estimate of drug-likeness (QED) is 0.784. The molecule has 1 aromatic rings. The van der Waals surface area contributed by atoms with Gasteiger partial charge in [0.1, 0.15) is 0 Å². The molecule has 0 spiro atoms. The highest BCUT2D eigenvalue weighted by Gasteiger charge is 2.42. The first kappa shape index (κ1) is 14.4. The van der Waals surface area contributed by atoms with Crippen LogP contribution in [0, 0.1) is 0 Å². The molecule has 3 rings (SSSR count). The number of ether oxygens (including phenoxy) is 1. The Balaban J connectivity index is 1.63. The molecule has 0 atom stereocenters. The van der Waals surface area contributed by atoms with Crippen LogP contribution in [0.3, 0.4) is 0 Å². The number of carboxylic acid groups (broad SMARTS) is 1. The Labute approximate surface area is 121 Å². The Morgan fingerprint density at radius 2 is 2.00 bits per heavy atom. The van der Waals surface area contributed by atoms with E-state index in [1.54, 1.807) is 0 Å². The lowest BCUT2D eigenvalue weighted by molar-refractivity contribution is 0.0690. The number of aromatic nitrogens is 3. The third-order valence-corrected chi connectivity index (χ3v) is 6.21. The van der Waals surface area contributed by atoms with Crippen LogP contribution in [0.4, 0.5) is 0 Å². The van der Waals surface area contributed by atoms with Crippen molar-refractivity contribution in [3.63, 3.8) is 0 Å². The van der Waals surface area contributed by atoms with Gasteiger partial charge in [-0.2, -0.15) is 4.31 Å². The highest BCUT2D eigenvalue weighted by atomic mass is 32.2. The molecule has 9 nitrogen and oxygen atoms in total. The average molecular weight is 316 g/mol. The first-order chi connectivity index (χ1) is 9.98. The fourth-order valence-corrected chi connectivity index (χ4v) is 4.50. The van der Waals surface area contributed by atoms with Crippen molar-refractivity contribution in [2.24, 2.45) is 0 Å². The molecule has 2 fully saturated rings. The third-order valence-electron chi connectivity index (χ3n) is 3.88. The van der Waals surface area contributed by atoms with Gasteiger partial charge in [-0.25, -0.2) is 17.9 Å². The number of hydrogen-bond acceptors (Lipinski definition) is 6. The number of rotatable bonds is 4. The summed E-state index contributed by atoms with van der Waals surface area (Å²) >= 11 is 0. The lowest BCUT2D eigenvalue weighted by Crippen LogP contribution is -2.54. The Morgan fingerprint density at radius 3 is 2.57 bits per heavy atom. The van der Waals surface area contributed by atoms with Gasteiger partial charge in [-0.05, 0) is 12.8 Å². The Bertz CT molecular complexity index is 631. The van der Waals surface area contributed by atoms with Crippen molar-refractivity contribution in [1.29, 1.82) is 0 Å². The molecule has 0 bridgehead atoms. The van der Waals surface area contributed by atoms with Gasteiger partial charge in [0.25, 0.3) is 0 Å². The van der Waals surface area contributed by atoms with E-state index in [4.69, 9.17) is 9.84 Å². The molecule has 0 amide bonds. The maximum Gasteiger partial charge on any atom is 0.358 e. The van der Waals surface area contributed by atoms with Crippen LogP contribution < -0.4 is 0 Å². The molecule has 0 aliphatic carbocycles. The minimum Gasteiger partial charge on any atom is -0.476 e. The van der Waals surface area contributed by atoms with Crippen LogP contribution in [0.25, 0.3) is 0 Å². The van der Waals surface area contributed by atoms with E-state index in [0.717, 1.165) is 0 Å². The molecule has 1 N–H and O–H groups in total. The standard InChI is InChI=1S/C11H16N4O5S/c16-11(17)10-7-15(13-12-10)8-5-14(6-8)21(18,19)9-1-3-20-4-2-9/h7-9H,1-6H2,(H,16,17). The molecule has 116 valence electrons. The summed E-state index contributed by atoms with van der Waals surface area (Å²) in [6, 6.07) is -0.153. The van der Waals surface area contributed by atoms with Gasteiger partial charge in [-0.15, -0.1) is 5.10 Å². The number of carbonyl (C=O) groups is 1. The molecule has 21 heavy (non-hydrogen) atoms. The van der Waals surface area contributed by atoms with Gasteiger partial charge in [0, 0.05) is 26.3 Å². The van der Waals surface area contributed by atoms with Crippen molar-refractivity contribution in [2.75, 3.05) is 26.3 Å². The van der Waals surface area contributed by atoms with E-state index < -0.39 is 16.0 Å². The summed E-state index contributed by atoms with van der Waals surface area (Å²) in [7, 11) is -3.30. The topological polar surface area (TPSA) is 115 Å². The van der Waals surface area contributed by atoms with Crippen LogP contribution >= 0.6 is 0 Å². The molecule has 2 aliphatic rings. The molecular weight excluding hydrogens is 300 g/mol. The lowest BCUT2D eigenvalue weighted by atomic mass is 10.2. The Hall–Kier alpha value is -1.52. The summed E-state index contributed by atoms with van der Waals surface area (Å²) in [6.07, 6.45) is 2.37. The second-order valence-corrected chi connectivity index (χ2v) is 7.43. The van der Waals surface area contributed by atoms with Gasteiger partial charge < -0.3 is 9.84 Å². The number of carboxylic acids is 1. The normalized spacial score (nSPS) is 22.1. The van der Waals surface area contributed by atoms with Gasteiger partial charge in [0.15, 0.2) is 5.69 Å². The minimum atomic E-state index is -3.30. The maximum atomic E-state index is 12.4. The van der Waals surface area contributed by atoms with Crippen molar-refractivity contribution in [3.8, 4) is 0 Å². The van der Waals surface area contributed by atoms with E-state index in [1.807, 2.05) is 0 Å². The van der Waals surface area contributed by atoms with Crippen LogP contribution in [-0.4, -0.2) is 70.3 Å². The Morgan fingerprint density at radius 1 is 1.33 bits per heavy atom. The smallest absolute Gasteiger partial charge is 0.358 e. The second kappa shape index (κ2) is 5.35. The zero-order valence-corrected chi connectivity index (χ0v) is 12.1. The van der Waals surface area contributed by atoms with Crippen molar-refractivity contribution in [1.82, 2.24) is 19.3 Å². The van der Waals surface area contributed by atoms with E-state index in [-0.39, 0.29) is 17.0 Å².